The fraction of sp³-hybridized carbons (Fsp3) is 0.467. The van der Waals surface area contributed by atoms with Gasteiger partial charge in [-0.2, -0.15) is 0 Å². The lowest BCUT2D eigenvalue weighted by molar-refractivity contribution is -0.131. The molecule has 0 spiro atoms. The lowest BCUT2D eigenvalue weighted by atomic mass is 10.1. The smallest absolute Gasteiger partial charge is 0.322 e. The van der Waals surface area contributed by atoms with E-state index in [1.54, 1.807) is 6.20 Å². The molecule has 4 amide bonds. The first kappa shape index (κ1) is 15.3. The molecule has 2 saturated heterocycles. The van der Waals surface area contributed by atoms with Crippen LogP contribution in [0, 0.1) is 0 Å². The zero-order chi connectivity index (χ0) is 16.2. The highest BCUT2D eigenvalue weighted by atomic mass is 16.2. The van der Waals surface area contributed by atoms with E-state index in [0.717, 1.165) is 18.8 Å². The Balaban J connectivity index is 1.45. The summed E-state index contributed by atoms with van der Waals surface area (Å²) < 4.78 is 0. The molecule has 2 aliphatic rings. The Morgan fingerprint density at radius 2 is 2.04 bits per heavy atom. The molecule has 0 radical (unpaired) electrons. The molecule has 0 aromatic carbocycles. The summed E-state index contributed by atoms with van der Waals surface area (Å²) in [5.41, 5.74) is 1.06. The minimum atomic E-state index is -0.594. The van der Waals surface area contributed by atoms with E-state index in [9.17, 15) is 14.4 Å². The van der Waals surface area contributed by atoms with Crippen molar-refractivity contribution < 1.29 is 14.4 Å². The van der Waals surface area contributed by atoms with Gasteiger partial charge in [0.1, 0.15) is 6.04 Å². The zero-order valence-electron chi connectivity index (χ0n) is 12.7. The van der Waals surface area contributed by atoms with Crippen LogP contribution in [0.2, 0.25) is 0 Å². The van der Waals surface area contributed by atoms with Crippen molar-refractivity contribution in [2.45, 2.75) is 18.9 Å². The van der Waals surface area contributed by atoms with E-state index in [4.69, 9.17) is 0 Å². The largest absolute Gasteiger partial charge is 0.367 e. The van der Waals surface area contributed by atoms with Gasteiger partial charge in [-0.15, -0.1) is 0 Å². The molecule has 3 rings (SSSR count). The van der Waals surface area contributed by atoms with E-state index >= 15 is 0 Å². The van der Waals surface area contributed by atoms with E-state index < -0.39 is 12.1 Å². The molecule has 8 nitrogen and oxygen atoms in total. The van der Waals surface area contributed by atoms with Gasteiger partial charge in [-0.1, -0.05) is 0 Å². The standard InChI is InChI=1S/C15H19N5O3/c21-13(4-3-12-14(22)18-15(23)17-12)20-8-6-19(7-9-20)11-2-1-5-16-10-11/h1-2,5,10,12H,3-4,6-9H2,(H2,17,18,22,23)/t12-/m0/s1. The number of hydrogen-bond donors (Lipinski definition) is 2. The molecule has 8 heteroatoms. The van der Waals surface area contributed by atoms with Crippen LogP contribution in [0.3, 0.4) is 0 Å². The molecule has 3 heterocycles. The molecular weight excluding hydrogens is 298 g/mol. The number of amides is 4. The molecule has 0 aliphatic carbocycles. The van der Waals surface area contributed by atoms with Crippen LogP contribution in [0.15, 0.2) is 24.5 Å². The van der Waals surface area contributed by atoms with E-state index in [1.807, 2.05) is 23.2 Å². The topological polar surface area (TPSA) is 94.6 Å². The van der Waals surface area contributed by atoms with E-state index in [1.165, 1.54) is 0 Å². The summed E-state index contributed by atoms with van der Waals surface area (Å²) >= 11 is 0. The van der Waals surface area contributed by atoms with E-state index in [2.05, 4.69) is 20.5 Å². The molecule has 0 bridgehead atoms. The lowest BCUT2D eigenvalue weighted by Crippen LogP contribution is -2.49. The van der Waals surface area contributed by atoms with Gasteiger partial charge in [-0.3, -0.25) is 19.9 Å². The molecule has 2 N–H and O–H groups in total. The Kier molecular flexibility index (Phi) is 4.40. The van der Waals surface area contributed by atoms with Crippen molar-refractivity contribution in [2.24, 2.45) is 0 Å². The van der Waals surface area contributed by atoms with Gasteiger partial charge in [0, 0.05) is 38.8 Å². The second-order valence-electron chi connectivity index (χ2n) is 5.63. The highest BCUT2D eigenvalue weighted by Gasteiger charge is 2.30. The van der Waals surface area contributed by atoms with Gasteiger partial charge in [-0.25, -0.2) is 4.79 Å². The minimum absolute atomic E-state index is 0.0183. The summed E-state index contributed by atoms with van der Waals surface area (Å²) in [4.78, 5) is 42.8. The highest BCUT2D eigenvalue weighted by molar-refractivity contribution is 6.04. The maximum Gasteiger partial charge on any atom is 0.322 e. The number of piperazine rings is 1. The number of hydrogen-bond acceptors (Lipinski definition) is 5. The first-order chi connectivity index (χ1) is 11.1. The van der Waals surface area contributed by atoms with Gasteiger partial charge in [0.2, 0.25) is 5.91 Å². The van der Waals surface area contributed by atoms with Crippen molar-refractivity contribution in [2.75, 3.05) is 31.1 Å². The maximum absolute atomic E-state index is 12.2. The molecule has 2 aliphatic heterocycles. The Morgan fingerprint density at radius 1 is 1.26 bits per heavy atom. The van der Waals surface area contributed by atoms with Gasteiger partial charge < -0.3 is 15.1 Å². The van der Waals surface area contributed by atoms with Crippen molar-refractivity contribution in [1.82, 2.24) is 20.5 Å². The SMILES string of the molecule is O=C1NC(=O)[C@H](CCC(=O)N2CCN(c3cccnc3)CC2)N1. The highest BCUT2D eigenvalue weighted by Crippen LogP contribution is 2.15. The van der Waals surface area contributed by atoms with Crippen LogP contribution in [-0.4, -0.2) is 60.0 Å². The molecule has 23 heavy (non-hydrogen) atoms. The van der Waals surface area contributed by atoms with Crippen LogP contribution in [-0.2, 0) is 9.59 Å². The molecule has 0 saturated carbocycles. The molecular formula is C15H19N5O3. The Hall–Kier alpha value is -2.64. The number of rotatable bonds is 4. The number of pyridine rings is 1. The van der Waals surface area contributed by atoms with E-state index in [-0.39, 0.29) is 18.2 Å². The third-order valence-corrected chi connectivity index (χ3v) is 4.15. The number of urea groups is 1. The number of aromatic nitrogens is 1. The Bertz CT molecular complexity index is 598. The summed E-state index contributed by atoms with van der Waals surface area (Å²) in [6.45, 7) is 2.82. The fourth-order valence-electron chi connectivity index (χ4n) is 2.84. The van der Waals surface area contributed by atoms with Crippen LogP contribution in [0.4, 0.5) is 10.5 Å². The maximum atomic E-state index is 12.2. The van der Waals surface area contributed by atoms with Crippen molar-refractivity contribution in [3.8, 4) is 0 Å². The van der Waals surface area contributed by atoms with Gasteiger partial charge in [0.15, 0.2) is 0 Å². The second-order valence-corrected chi connectivity index (χ2v) is 5.63. The minimum Gasteiger partial charge on any atom is -0.367 e. The van der Waals surface area contributed by atoms with Crippen LogP contribution in [0.25, 0.3) is 0 Å². The second kappa shape index (κ2) is 6.64. The van der Waals surface area contributed by atoms with Gasteiger partial charge in [0.25, 0.3) is 5.91 Å². The molecule has 1 atom stereocenters. The first-order valence-corrected chi connectivity index (χ1v) is 7.67. The monoisotopic (exact) mass is 317 g/mol. The summed E-state index contributed by atoms with van der Waals surface area (Å²) in [5, 5.41) is 4.67. The summed E-state index contributed by atoms with van der Waals surface area (Å²) in [6, 6.07) is 2.82. The Morgan fingerprint density at radius 3 is 2.65 bits per heavy atom. The van der Waals surface area contributed by atoms with Crippen molar-refractivity contribution in [3.05, 3.63) is 24.5 Å². The van der Waals surface area contributed by atoms with Crippen molar-refractivity contribution in [1.29, 1.82) is 0 Å². The predicted octanol–water partition coefficient (Wildman–Crippen LogP) is -0.282. The number of nitrogens with one attached hydrogen (secondary N) is 2. The van der Waals surface area contributed by atoms with Crippen LogP contribution in [0.1, 0.15) is 12.8 Å². The number of anilines is 1. The average Bonchev–Trinajstić information content (AvgIpc) is 2.91. The van der Waals surface area contributed by atoms with Crippen LogP contribution in [0.5, 0.6) is 0 Å². The fourth-order valence-corrected chi connectivity index (χ4v) is 2.84. The number of imide groups is 1. The molecule has 122 valence electrons. The van der Waals surface area contributed by atoms with Gasteiger partial charge in [-0.05, 0) is 18.6 Å². The van der Waals surface area contributed by atoms with E-state index in [0.29, 0.717) is 19.5 Å². The third kappa shape index (κ3) is 3.58. The summed E-state index contributed by atoms with van der Waals surface area (Å²) in [5.74, 6) is -0.339. The molecule has 0 unspecified atom stereocenters. The zero-order valence-corrected chi connectivity index (χ0v) is 12.7. The first-order valence-electron chi connectivity index (χ1n) is 7.67. The lowest BCUT2D eigenvalue weighted by Gasteiger charge is -2.36. The Labute approximate surface area is 133 Å². The quantitative estimate of drug-likeness (QED) is 0.745. The predicted molar refractivity (Wildman–Crippen MR) is 82.7 cm³/mol. The van der Waals surface area contributed by atoms with Crippen LogP contribution >= 0.6 is 0 Å². The molecule has 1 aromatic rings. The van der Waals surface area contributed by atoms with Crippen LogP contribution < -0.4 is 15.5 Å². The number of carbonyl (C=O) groups excluding carboxylic acids is 3. The summed E-state index contributed by atoms with van der Waals surface area (Å²) in [7, 11) is 0. The van der Waals surface area contributed by atoms with Gasteiger partial charge in [0.05, 0.1) is 11.9 Å². The summed E-state index contributed by atoms with van der Waals surface area (Å²) in [6.07, 6.45) is 4.14. The van der Waals surface area contributed by atoms with Gasteiger partial charge >= 0.3 is 6.03 Å². The van der Waals surface area contributed by atoms with Crippen molar-refractivity contribution in [3.63, 3.8) is 0 Å². The average molecular weight is 317 g/mol. The number of nitrogens with zero attached hydrogens (tertiary/aromatic N) is 3. The third-order valence-electron chi connectivity index (χ3n) is 4.15. The van der Waals surface area contributed by atoms with Crippen molar-refractivity contribution >= 4 is 23.5 Å². The number of carbonyl (C=O) groups is 3. The normalized spacial score (nSPS) is 21.1. The molecule has 1 aromatic heterocycles. The molecule has 2 fully saturated rings.